The van der Waals surface area contributed by atoms with Crippen LogP contribution in [-0.2, 0) is 16.0 Å². The molecule has 0 radical (unpaired) electrons. The molecule has 0 saturated carbocycles. The third-order valence-electron chi connectivity index (χ3n) is 4.69. The van der Waals surface area contributed by atoms with Crippen LogP contribution in [0.1, 0.15) is 61.3 Å². The zero-order chi connectivity index (χ0) is 21.0. The van der Waals surface area contributed by atoms with Crippen LogP contribution in [0.4, 0.5) is 4.79 Å². The van der Waals surface area contributed by atoms with Crippen molar-refractivity contribution >= 4 is 12.1 Å². The maximum absolute atomic E-state index is 12.2. The molecule has 29 heavy (non-hydrogen) atoms. The molecular weight excluding hydrogens is 374 g/mol. The van der Waals surface area contributed by atoms with Crippen molar-refractivity contribution in [2.24, 2.45) is 0 Å². The molecule has 0 N–H and O–H groups in total. The molecule has 1 fully saturated rings. The van der Waals surface area contributed by atoms with Gasteiger partial charge >= 0.3 is 12.1 Å². The van der Waals surface area contributed by atoms with Crippen LogP contribution in [0.15, 0.2) is 24.5 Å². The molecule has 0 bridgehead atoms. The number of piperidine rings is 1. The lowest BCUT2D eigenvalue weighted by molar-refractivity contribution is 0.0204. The lowest BCUT2D eigenvalue weighted by atomic mass is 9.94. The van der Waals surface area contributed by atoms with E-state index in [1.54, 1.807) is 21.7 Å². The van der Waals surface area contributed by atoms with Crippen molar-refractivity contribution in [1.82, 2.24) is 24.9 Å². The van der Waals surface area contributed by atoms with Gasteiger partial charge in [0.2, 0.25) is 0 Å². The Morgan fingerprint density at radius 1 is 1.21 bits per heavy atom. The smallest absolute Gasteiger partial charge is 0.410 e. The minimum atomic E-state index is -0.486. The first-order valence-corrected chi connectivity index (χ1v) is 9.66. The number of amides is 1. The first kappa shape index (κ1) is 20.8. The Morgan fingerprint density at radius 2 is 1.93 bits per heavy atom. The molecule has 0 unspecified atom stereocenters. The van der Waals surface area contributed by atoms with Gasteiger partial charge in [-0.1, -0.05) is 5.21 Å². The van der Waals surface area contributed by atoms with Crippen molar-refractivity contribution in [1.29, 1.82) is 0 Å². The summed E-state index contributed by atoms with van der Waals surface area (Å²) in [5.41, 5.74) is 1.61. The summed E-state index contributed by atoms with van der Waals surface area (Å²) in [5.74, 6) is -0.151. The molecule has 0 spiro atoms. The summed E-state index contributed by atoms with van der Waals surface area (Å²) in [6, 6.07) is 3.45. The molecule has 1 amide bonds. The average Bonchev–Trinajstić information content (AvgIpc) is 3.15. The van der Waals surface area contributed by atoms with Gasteiger partial charge in [0, 0.05) is 31.4 Å². The number of ether oxygens (including phenoxy) is 2. The minimum absolute atomic E-state index is 0.261. The van der Waals surface area contributed by atoms with Crippen LogP contribution in [-0.4, -0.2) is 62.7 Å². The van der Waals surface area contributed by atoms with Crippen LogP contribution >= 0.6 is 0 Å². The third kappa shape index (κ3) is 5.52. The van der Waals surface area contributed by atoms with Gasteiger partial charge in [0.05, 0.1) is 30.6 Å². The summed E-state index contributed by atoms with van der Waals surface area (Å²) >= 11 is 0. The van der Waals surface area contributed by atoms with Crippen molar-refractivity contribution in [3.8, 4) is 0 Å². The molecule has 3 rings (SSSR count). The molecular formula is C20H27N5O4. The summed E-state index contributed by atoms with van der Waals surface area (Å²) in [6.45, 7) is 7.35. The molecule has 0 atom stereocenters. The molecule has 0 aliphatic carbocycles. The summed E-state index contributed by atoms with van der Waals surface area (Å²) in [6.07, 6.45) is 4.80. The normalized spacial score (nSPS) is 15.2. The Morgan fingerprint density at radius 3 is 2.52 bits per heavy atom. The number of hydrogen-bond acceptors (Lipinski definition) is 7. The SMILES string of the molecule is COC(=O)c1ccc(Cn2cc(C3CCN(C(=O)OC(C)(C)C)CC3)nn2)nc1. The van der Waals surface area contributed by atoms with Gasteiger partial charge < -0.3 is 14.4 Å². The van der Waals surface area contributed by atoms with Crippen LogP contribution in [0.3, 0.4) is 0 Å². The fraction of sp³-hybridized carbons (Fsp3) is 0.550. The van der Waals surface area contributed by atoms with E-state index in [1.165, 1.54) is 13.3 Å². The van der Waals surface area contributed by atoms with Crippen LogP contribution in [0, 0.1) is 0 Å². The molecule has 2 aromatic rings. The Labute approximate surface area is 170 Å². The average molecular weight is 401 g/mol. The number of rotatable bonds is 4. The quantitative estimate of drug-likeness (QED) is 0.726. The number of likely N-dealkylation sites (tertiary alicyclic amines) is 1. The summed E-state index contributed by atoms with van der Waals surface area (Å²) in [7, 11) is 1.34. The van der Waals surface area contributed by atoms with Gasteiger partial charge in [-0.25, -0.2) is 14.3 Å². The predicted octanol–water partition coefficient (Wildman–Crippen LogP) is 2.62. The number of nitrogens with zero attached hydrogens (tertiary/aromatic N) is 5. The highest BCUT2D eigenvalue weighted by Crippen LogP contribution is 2.27. The Kier molecular flexibility index (Phi) is 6.14. The number of esters is 1. The van der Waals surface area contributed by atoms with Gasteiger partial charge in [-0.15, -0.1) is 5.10 Å². The van der Waals surface area contributed by atoms with Gasteiger partial charge in [-0.3, -0.25) is 4.98 Å². The molecule has 1 aliphatic heterocycles. The third-order valence-corrected chi connectivity index (χ3v) is 4.69. The predicted molar refractivity (Wildman–Crippen MR) is 104 cm³/mol. The molecule has 0 aromatic carbocycles. The van der Waals surface area contributed by atoms with E-state index in [9.17, 15) is 9.59 Å². The van der Waals surface area contributed by atoms with Gasteiger partial charge in [0.15, 0.2) is 0 Å². The molecule has 1 saturated heterocycles. The Balaban J connectivity index is 1.54. The highest BCUT2D eigenvalue weighted by Gasteiger charge is 2.28. The number of aromatic nitrogens is 4. The van der Waals surface area contributed by atoms with Crippen molar-refractivity contribution in [2.45, 2.75) is 51.7 Å². The second-order valence-electron chi connectivity index (χ2n) is 8.11. The second-order valence-corrected chi connectivity index (χ2v) is 8.11. The monoisotopic (exact) mass is 401 g/mol. The van der Waals surface area contributed by atoms with Crippen molar-refractivity contribution in [3.63, 3.8) is 0 Å². The van der Waals surface area contributed by atoms with Crippen molar-refractivity contribution in [3.05, 3.63) is 41.5 Å². The summed E-state index contributed by atoms with van der Waals surface area (Å²) in [4.78, 5) is 29.7. The maximum atomic E-state index is 12.2. The number of carbonyl (C=O) groups excluding carboxylic acids is 2. The van der Waals surface area contributed by atoms with E-state index >= 15 is 0 Å². The van der Waals surface area contributed by atoms with Gasteiger partial charge in [-0.2, -0.15) is 0 Å². The zero-order valence-electron chi connectivity index (χ0n) is 17.3. The standard InChI is InChI=1S/C20H27N5O4/c1-20(2,3)29-19(27)24-9-7-14(8-10-24)17-13-25(23-22-17)12-16-6-5-15(11-21-16)18(26)28-4/h5-6,11,13-14H,7-10,12H2,1-4H3. The minimum Gasteiger partial charge on any atom is -0.465 e. The number of pyridine rings is 1. The summed E-state index contributed by atoms with van der Waals surface area (Å²) < 4.78 is 11.8. The highest BCUT2D eigenvalue weighted by molar-refractivity contribution is 5.88. The lowest BCUT2D eigenvalue weighted by Crippen LogP contribution is -2.41. The largest absolute Gasteiger partial charge is 0.465 e. The molecule has 3 heterocycles. The van der Waals surface area contributed by atoms with Crippen LogP contribution in [0.2, 0.25) is 0 Å². The van der Waals surface area contributed by atoms with Crippen LogP contribution in [0.5, 0.6) is 0 Å². The van der Waals surface area contributed by atoms with Crippen molar-refractivity contribution in [2.75, 3.05) is 20.2 Å². The number of carbonyl (C=O) groups is 2. The van der Waals surface area contributed by atoms with E-state index in [2.05, 4.69) is 20.0 Å². The topological polar surface area (TPSA) is 99.4 Å². The maximum Gasteiger partial charge on any atom is 0.410 e. The molecule has 156 valence electrons. The molecule has 9 nitrogen and oxygen atoms in total. The molecule has 2 aromatic heterocycles. The van der Waals surface area contributed by atoms with Gasteiger partial charge in [0.1, 0.15) is 5.60 Å². The summed E-state index contributed by atoms with van der Waals surface area (Å²) in [5, 5.41) is 8.49. The number of hydrogen-bond donors (Lipinski definition) is 0. The van der Waals surface area contributed by atoms with Crippen molar-refractivity contribution < 1.29 is 19.1 Å². The first-order chi connectivity index (χ1) is 13.7. The van der Waals surface area contributed by atoms with E-state index in [-0.39, 0.29) is 12.0 Å². The van der Waals surface area contributed by atoms with E-state index in [0.29, 0.717) is 25.2 Å². The second kappa shape index (κ2) is 8.59. The van der Waals surface area contributed by atoms with Crippen LogP contribution in [0.25, 0.3) is 0 Å². The van der Waals surface area contributed by atoms with Gasteiger partial charge in [-0.05, 0) is 45.7 Å². The zero-order valence-corrected chi connectivity index (χ0v) is 17.3. The molecule has 1 aliphatic rings. The first-order valence-electron chi connectivity index (χ1n) is 9.66. The molecule has 9 heteroatoms. The van der Waals surface area contributed by atoms with E-state index < -0.39 is 11.6 Å². The fourth-order valence-corrected chi connectivity index (χ4v) is 3.18. The van der Waals surface area contributed by atoms with Gasteiger partial charge in [0.25, 0.3) is 0 Å². The van der Waals surface area contributed by atoms with Crippen LogP contribution < -0.4 is 0 Å². The highest BCUT2D eigenvalue weighted by atomic mass is 16.6. The van der Waals surface area contributed by atoms with E-state index in [4.69, 9.17) is 4.74 Å². The number of methoxy groups -OCH3 is 1. The lowest BCUT2D eigenvalue weighted by Gasteiger charge is -2.32. The van der Waals surface area contributed by atoms with E-state index in [0.717, 1.165) is 24.2 Å². The Hall–Kier alpha value is -2.97. The Bertz CT molecular complexity index is 849. The van der Waals surface area contributed by atoms with E-state index in [1.807, 2.05) is 27.0 Å². The fourth-order valence-electron chi connectivity index (χ4n) is 3.18.